The van der Waals surface area contributed by atoms with Crippen molar-refractivity contribution in [1.29, 1.82) is 0 Å². The van der Waals surface area contributed by atoms with Gasteiger partial charge in [0.2, 0.25) is 0 Å². The van der Waals surface area contributed by atoms with Crippen molar-refractivity contribution in [2.75, 3.05) is 33.5 Å². The maximum absolute atomic E-state index is 12.9. The Balaban J connectivity index is 0.00000193. The number of fused-ring (bicyclic) bond motifs is 1. The van der Waals surface area contributed by atoms with E-state index in [1.165, 1.54) is 0 Å². The molecule has 1 saturated heterocycles. The van der Waals surface area contributed by atoms with E-state index in [0.29, 0.717) is 49.4 Å². The van der Waals surface area contributed by atoms with Crippen LogP contribution in [-0.2, 0) is 30.8 Å². The van der Waals surface area contributed by atoms with Gasteiger partial charge in [0.1, 0.15) is 12.4 Å². The number of hydrogen-bond donors (Lipinski definition) is 1. The Hall–Kier alpha value is -1.33. The molecule has 1 aromatic carbocycles. The van der Waals surface area contributed by atoms with Crippen molar-refractivity contribution in [3.05, 3.63) is 47.8 Å². The fourth-order valence-corrected chi connectivity index (χ4v) is 4.64. The topological polar surface area (TPSA) is 95.6 Å². The Bertz CT molecular complexity index is 1020. The van der Waals surface area contributed by atoms with E-state index in [1.54, 1.807) is 13.3 Å². The summed E-state index contributed by atoms with van der Waals surface area (Å²) in [7, 11) is 0.284. The zero-order chi connectivity index (χ0) is 21.7. The van der Waals surface area contributed by atoms with Gasteiger partial charge in [-0.15, -0.1) is 0 Å². The molecule has 8 nitrogen and oxygen atoms in total. The van der Waals surface area contributed by atoms with Gasteiger partial charge >= 0.3 is 29.6 Å². The van der Waals surface area contributed by atoms with Gasteiger partial charge in [0, 0.05) is 25.3 Å². The smallest absolute Gasteiger partial charge is 1.00 e. The number of pyridine rings is 1. The molecule has 32 heavy (non-hydrogen) atoms. The SMILES string of the molecule is COCC1(CCOc2ccnc(CS(=O)c3nc4ccccc4[nH]3)c2C)OCCCO1.[H-].[Na+]. The predicted molar refractivity (Wildman–Crippen MR) is 118 cm³/mol. The molecule has 10 heteroatoms. The summed E-state index contributed by atoms with van der Waals surface area (Å²) < 4.78 is 35.8. The van der Waals surface area contributed by atoms with E-state index in [0.717, 1.165) is 23.0 Å². The summed E-state index contributed by atoms with van der Waals surface area (Å²) in [5.41, 5.74) is 3.24. The van der Waals surface area contributed by atoms with E-state index in [2.05, 4.69) is 15.0 Å². The van der Waals surface area contributed by atoms with Gasteiger partial charge in [0.05, 0.1) is 53.1 Å². The number of methoxy groups -OCH3 is 1. The summed E-state index contributed by atoms with van der Waals surface area (Å²) in [6, 6.07) is 9.44. The van der Waals surface area contributed by atoms with E-state index in [9.17, 15) is 4.21 Å². The van der Waals surface area contributed by atoms with Crippen LogP contribution in [-0.4, -0.2) is 58.5 Å². The molecule has 0 amide bonds. The van der Waals surface area contributed by atoms with Crippen molar-refractivity contribution < 1.29 is 54.1 Å². The number of imidazole rings is 1. The van der Waals surface area contributed by atoms with Crippen LogP contribution < -0.4 is 34.3 Å². The molecular weight excluding hydrogens is 441 g/mol. The average molecular weight is 470 g/mol. The Morgan fingerprint density at radius 3 is 2.78 bits per heavy atom. The Morgan fingerprint density at radius 1 is 1.25 bits per heavy atom. The number of aromatic nitrogens is 3. The number of aromatic amines is 1. The first-order chi connectivity index (χ1) is 15.1. The molecule has 3 aromatic rings. The van der Waals surface area contributed by atoms with Crippen molar-refractivity contribution in [2.24, 2.45) is 0 Å². The summed E-state index contributed by atoms with van der Waals surface area (Å²) in [4.78, 5) is 12.0. The number of benzene rings is 1. The first-order valence-corrected chi connectivity index (χ1v) is 11.6. The number of ether oxygens (including phenoxy) is 4. The van der Waals surface area contributed by atoms with Crippen LogP contribution in [0.3, 0.4) is 0 Å². The van der Waals surface area contributed by atoms with Crippen LogP contribution >= 0.6 is 0 Å². The fraction of sp³-hybridized carbons (Fsp3) is 0.455. The monoisotopic (exact) mass is 469 g/mol. The molecule has 1 fully saturated rings. The second-order valence-electron chi connectivity index (χ2n) is 7.42. The van der Waals surface area contributed by atoms with Gasteiger partial charge < -0.3 is 25.4 Å². The van der Waals surface area contributed by atoms with Crippen molar-refractivity contribution >= 4 is 21.8 Å². The maximum atomic E-state index is 12.9. The molecule has 1 aliphatic heterocycles. The molecule has 0 bridgehead atoms. The van der Waals surface area contributed by atoms with Gasteiger partial charge in [0.15, 0.2) is 10.9 Å². The van der Waals surface area contributed by atoms with Crippen LogP contribution in [0.2, 0.25) is 0 Å². The largest absolute Gasteiger partial charge is 1.00 e. The van der Waals surface area contributed by atoms with Crippen LogP contribution in [0.25, 0.3) is 11.0 Å². The minimum absolute atomic E-state index is 0. The van der Waals surface area contributed by atoms with Crippen molar-refractivity contribution in [3.8, 4) is 5.75 Å². The minimum atomic E-state index is -1.35. The third kappa shape index (κ3) is 5.96. The number of hydrogen-bond acceptors (Lipinski definition) is 7. The van der Waals surface area contributed by atoms with E-state index in [-0.39, 0.29) is 36.7 Å². The van der Waals surface area contributed by atoms with Gasteiger partial charge in [0.25, 0.3) is 0 Å². The molecule has 0 saturated carbocycles. The standard InChI is InChI=1S/C22H27N3O5S.Na.H/c1-16-19(14-31(26)21-24-17-6-3-4-7-18(17)25-21)23-10-8-20(16)28-13-9-22(15-27-2)29-11-5-12-30-22;;/h3-4,6-8,10H,5,9,11-15H2,1-2H3,(H,24,25);;/q;+1;-1. The van der Waals surface area contributed by atoms with Crippen LogP contribution in [0.5, 0.6) is 5.75 Å². The quantitative estimate of drug-likeness (QED) is 0.449. The van der Waals surface area contributed by atoms with E-state index in [4.69, 9.17) is 18.9 Å². The normalized spacial score (nSPS) is 16.4. The van der Waals surface area contributed by atoms with E-state index in [1.807, 2.05) is 37.3 Å². The van der Waals surface area contributed by atoms with Crippen molar-refractivity contribution in [1.82, 2.24) is 15.0 Å². The second-order valence-corrected chi connectivity index (χ2v) is 8.79. The minimum Gasteiger partial charge on any atom is -1.00 e. The number of H-pyrrole nitrogens is 1. The zero-order valence-electron chi connectivity index (χ0n) is 19.8. The molecule has 168 valence electrons. The number of nitrogens with one attached hydrogen (secondary N) is 1. The molecule has 0 aliphatic carbocycles. The molecule has 2 aromatic heterocycles. The summed E-state index contributed by atoms with van der Waals surface area (Å²) in [6.45, 7) is 3.98. The maximum Gasteiger partial charge on any atom is 1.00 e. The molecule has 1 aliphatic rings. The molecule has 0 spiro atoms. The van der Waals surface area contributed by atoms with Crippen LogP contribution in [0.15, 0.2) is 41.7 Å². The summed E-state index contributed by atoms with van der Waals surface area (Å²) in [5.74, 6) is 0.192. The van der Waals surface area contributed by atoms with Gasteiger partial charge in [-0.1, -0.05) is 12.1 Å². The van der Waals surface area contributed by atoms with Crippen molar-refractivity contribution in [3.63, 3.8) is 0 Å². The van der Waals surface area contributed by atoms with Gasteiger partial charge in [-0.3, -0.25) is 9.19 Å². The molecule has 1 atom stereocenters. The average Bonchev–Trinajstić information content (AvgIpc) is 3.22. The van der Waals surface area contributed by atoms with E-state index < -0.39 is 16.6 Å². The summed E-state index contributed by atoms with van der Waals surface area (Å²) in [6.07, 6.45) is 3.09. The Labute approximate surface area is 213 Å². The van der Waals surface area contributed by atoms with Gasteiger partial charge in [-0.05, 0) is 31.5 Å². The first-order valence-electron chi connectivity index (χ1n) is 10.3. The van der Waals surface area contributed by atoms with Crippen LogP contribution in [0, 0.1) is 6.92 Å². The molecular formula is C22H28N3NaO5S. The Morgan fingerprint density at radius 2 is 2.03 bits per heavy atom. The van der Waals surface area contributed by atoms with Crippen LogP contribution in [0.4, 0.5) is 0 Å². The molecule has 1 unspecified atom stereocenters. The fourth-order valence-electron chi connectivity index (χ4n) is 3.54. The van der Waals surface area contributed by atoms with Gasteiger partial charge in [-0.25, -0.2) is 4.98 Å². The third-order valence-electron chi connectivity index (χ3n) is 5.23. The Kier molecular flexibility index (Phi) is 9.24. The zero-order valence-corrected chi connectivity index (χ0v) is 21.6. The van der Waals surface area contributed by atoms with E-state index >= 15 is 0 Å². The number of rotatable bonds is 9. The molecule has 3 heterocycles. The molecule has 0 radical (unpaired) electrons. The van der Waals surface area contributed by atoms with Gasteiger partial charge in [-0.2, -0.15) is 0 Å². The molecule has 1 N–H and O–H groups in total. The second kappa shape index (κ2) is 11.7. The number of nitrogens with zero attached hydrogens (tertiary/aromatic N) is 2. The number of para-hydroxylation sites is 2. The molecule has 4 rings (SSSR count). The summed E-state index contributed by atoms with van der Waals surface area (Å²) in [5, 5.41) is 0.446. The first kappa shape index (κ1) is 25.3. The van der Waals surface area contributed by atoms with Crippen molar-refractivity contribution in [2.45, 2.75) is 36.5 Å². The third-order valence-corrected chi connectivity index (χ3v) is 6.39. The van der Waals surface area contributed by atoms with Crippen LogP contribution in [0.1, 0.15) is 25.5 Å². The predicted octanol–water partition coefficient (Wildman–Crippen LogP) is 0.239. The summed E-state index contributed by atoms with van der Waals surface area (Å²) >= 11 is 0.